The summed E-state index contributed by atoms with van der Waals surface area (Å²) in [6, 6.07) is 15.1. The van der Waals surface area contributed by atoms with Crippen LogP contribution in [0.1, 0.15) is 27.0 Å². The van der Waals surface area contributed by atoms with Crippen molar-refractivity contribution in [2.45, 2.75) is 19.5 Å². The molecule has 1 aliphatic heterocycles. The molecule has 0 unspecified atom stereocenters. The highest BCUT2D eigenvalue weighted by Gasteiger charge is 2.28. The van der Waals surface area contributed by atoms with Crippen molar-refractivity contribution in [1.29, 1.82) is 0 Å². The summed E-state index contributed by atoms with van der Waals surface area (Å²) in [4.78, 5) is 30.5. The van der Waals surface area contributed by atoms with Crippen molar-refractivity contribution >= 4 is 17.5 Å². The van der Waals surface area contributed by atoms with Gasteiger partial charge in [-0.3, -0.25) is 14.6 Å². The van der Waals surface area contributed by atoms with Gasteiger partial charge in [-0.15, -0.1) is 0 Å². The zero-order valence-electron chi connectivity index (χ0n) is 15.1. The van der Waals surface area contributed by atoms with E-state index in [1.54, 1.807) is 47.6 Å². The van der Waals surface area contributed by atoms with Crippen LogP contribution in [0.4, 0.5) is 10.1 Å². The van der Waals surface area contributed by atoms with Gasteiger partial charge >= 0.3 is 0 Å². The summed E-state index contributed by atoms with van der Waals surface area (Å²) in [5.74, 6) is -0.588. The van der Waals surface area contributed by atoms with E-state index < -0.39 is 0 Å². The summed E-state index contributed by atoms with van der Waals surface area (Å²) >= 11 is 0. The molecule has 2 amide bonds. The van der Waals surface area contributed by atoms with Crippen LogP contribution in [0.2, 0.25) is 0 Å². The Morgan fingerprint density at radius 3 is 2.68 bits per heavy atom. The summed E-state index contributed by atoms with van der Waals surface area (Å²) in [6.07, 6.45) is 3.58. The van der Waals surface area contributed by atoms with Gasteiger partial charge in [-0.2, -0.15) is 0 Å². The van der Waals surface area contributed by atoms with Crippen molar-refractivity contribution in [1.82, 2.24) is 10.3 Å². The molecule has 0 bridgehead atoms. The molecule has 1 aromatic heterocycles. The summed E-state index contributed by atoms with van der Waals surface area (Å²) < 4.78 is 13.4. The van der Waals surface area contributed by atoms with Crippen LogP contribution in [0.3, 0.4) is 0 Å². The second-order valence-corrected chi connectivity index (χ2v) is 6.67. The lowest BCUT2D eigenvalue weighted by Gasteiger charge is -2.18. The van der Waals surface area contributed by atoms with E-state index in [9.17, 15) is 14.0 Å². The van der Waals surface area contributed by atoms with Crippen LogP contribution in [0.15, 0.2) is 67.0 Å². The first-order chi connectivity index (χ1) is 13.6. The summed E-state index contributed by atoms with van der Waals surface area (Å²) in [6.45, 7) is 0.709. The number of rotatable bonds is 5. The third kappa shape index (κ3) is 3.76. The van der Waals surface area contributed by atoms with Gasteiger partial charge in [0.1, 0.15) is 5.82 Å². The molecule has 6 heteroatoms. The first-order valence-electron chi connectivity index (χ1n) is 8.95. The lowest BCUT2D eigenvalue weighted by Crippen LogP contribution is -2.26. The van der Waals surface area contributed by atoms with Crippen LogP contribution in [0.5, 0.6) is 0 Å². The van der Waals surface area contributed by atoms with Crippen molar-refractivity contribution in [2.75, 3.05) is 4.90 Å². The maximum atomic E-state index is 13.4. The summed E-state index contributed by atoms with van der Waals surface area (Å²) in [5, 5.41) is 2.87. The zero-order chi connectivity index (χ0) is 19.5. The Morgan fingerprint density at radius 2 is 1.89 bits per heavy atom. The molecule has 0 atom stereocenters. The molecule has 2 aromatic carbocycles. The molecule has 0 saturated carbocycles. The van der Waals surface area contributed by atoms with E-state index in [-0.39, 0.29) is 24.1 Å². The van der Waals surface area contributed by atoms with Crippen molar-refractivity contribution in [3.63, 3.8) is 0 Å². The second-order valence-electron chi connectivity index (χ2n) is 6.67. The average molecular weight is 375 g/mol. The van der Waals surface area contributed by atoms with Crippen molar-refractivity contribution in [3.8, 4) is 0 Å². The standard InChI is InChI=1S/C22H18FN3O2/c23-19-3-1-2-16(10-19)14-26-20-5-4-17(11-18(20)12-21(26)27)22(28)25-13-15-6-8-24-9-7-15/h1-11H,12-14H2,(H,25,28). The summed E-state index contributed by atoms with van der Waals surface area (Å²) in [5.41, 5.74) is 3.76. The quantitative estimate of drug-likeness (QED) is 0.745. The number of carbonyl (C=O) groups excluding carboxylic acids is 2. The Morgan fingerprint density at radius 1 is 1.07 bits per heavy atom. The van der Waals surface area contributed by atoms with E-state index in [1.807, 2.05) is 12.1 Å². The number of fused-ring (bicyclic) bond motifs is 1. The number of halogens is 1. The molecule has 3 aromatic rings. The Kier molecular flexibility index (Phi) is 4.85. The summed E-state index contributed by atoms with van der Waals surface area (Å²) in [7, 11) is 0. The number of carbonyl (C=O) groups is 2. The molecule has 2 heterocycles. The number of nitrogens with zero attached hydrogens (tertiary/aromatic N) is 2. The Hall–Kier alpha value is -3.54. The second kappa shape index (κ2) is 7.60. The highest BCUT2D eigenvalue weighted by atomic mass is 19.1. The smallest absolute Gasteiger partial charge is 0.251 e. The number of aromatic nitrogens is 1. The number of benzene rings is 2. The lowest BCUT2D eigenvalue weighted by molar-refractivity contribution is -0.117. The molecule has 28 heavy (non-hydrogen) atoms. The number of anilines is 1. The van der Waals surface area contributed by atoms with Gasteiger partial charge in [0.2, 0.25) is 5.91 Å². The lowest BCUT2D eigenvalue weighted by atomic mass is 10.1. The van der Waals surface area contributed by atoms with E-state index in [4.69, 9.17) is 0 Å². The molecule has 1 N–H and O–H groups in total. The van der Waals surface area contributed by atoms with Crippen molar-refractivity contribution < 1.29 is 14.0 Å². The van der Waals surface area contributed by atoms with E-state index >= 15 is 0 Å². The SMILES string of the molecule is O=C(NCc1ccncc1)c1ccc2c(c1)CC(=O)N2Cc1cccc(F)c1. The minimum absolute atomic E-state index is 0.0615. The molecular weight excluding hydrogens is 357 g/mol. The van der Waals surface area contributed by atoms with Crippen LogP contribution < -0.4 is 10.2 Å². The van der Waals surface area contributed by atoms with Gasteiger partial charge in [0, 0.05) is 30.2 Å². The Balaban J connectivity index is 1.48. The molecule has 1 aliphatic rings. The van der Waals surface area contributed by atoms with Crippen LogP contribution in [0.25, 0.3) is 0 Å². The monoisotopic (exact) mass is 375 g/mol. The molecule has 0 radical (unpaired) electrons. The van der Waals surface area contributed by atoms with Gasteiger partial charge in [0.05, 0.1) is 13.0 Å². The van der Waals surface area contributed by atoms with E-state index in [2.05, 4.69) is 10.3 Å². The first kappa shape index (κ1) is 17.9. The molecule has 4 rings (SSSR count). The minimum atomic E-state index is -0.328. The van der Waals surface area contributed by atoms with Crippen molar-refractivity contribution in [3.05, 3.63) is 95.1 Å². The number of nitrogens with one attached hydrogen (secondary N) is 1. The molecule has 140 valence electrons. The van der Waals surface area contributed by atoms with Crippen LogP contribution in [0, 0.1) is 5.82 Å². The maximum absolute atomic E-state index is 13.4. The average Bonchev–Trinajstić information content (AvgIpc) is 3.01. The fourth-order valence-electron chi connectivity index (χ4n) is 3.30. The zero-order valence-corrected chi connectivity index (χ0v) is 15.1. The fourth-order valence-corrected chi connectivity index (χ4v) is 3.30. The van der Waals surface area contributed by atoms with Gasteiger partial charge in [-0.1, -0.05) is 12.1 Å². The van der Waals surface area contributed by atoms with Crippen LogP contribution in [-0.4, -0.2) is 16.8 Å². The molecule has 0 fully saturated rings. The molecule has 0 spiro atoms. The number of pyridine rings is 1. The molecule has 0 aliphatic carbocycles. The maximum Gasteiger partial charge on any atom is 0.251 e. The number of hydrogen-bond donors (Lipinski definition) is 1. The largest absolute Gasteiger partial charge is 0.348 e. The normalized spacial score (nSPS) is 12.8. The predicted octanol–water partition coefficient (Wildman–Crippen LogP) is 3.24. The van der Waals surface area contributed by atoms with Gasteiger partial charge in [0.25, 0.3) is 5.91 Å². The minimum Gasteiger partial charge on any atom is -0.348 e. The molecular formula is C22H18FN3O2. The van der Waals surface area contributed by atoms with Crippen LogP contribution in [-0.2, 0) is 24.3 Å². The fraction of sp³-hybridized carbons (Fsp3) is 0.136. The van der Waals surface area contributed by atoms with E-state index in [1.165, 1.54) is 12.1 Å². The topological polar surface area (TPSA) is 62.3 Å². The van der Waals surface area contributed by atoms with Gasteiger partial charge in [0.15, 0.2) is 0 Å². The van der Waals surface area contributed by atoms with E-state index in [0.29, 0.717) is 18.7 Å². The third-order valence-electron chi connectivity index (χ3n) is 4.71. The Bertz CT molecular complexity index is 1040. The first-order valence-corrected chi connectivity index (χ1v) is 8.95. The number of hydrogen-bond acceptors (Lipinski definition) is 3. The van der Waals surface area contributed by atoms with Crippen LogP contribution >= 0.6 is 0 Å². The molecule has 0 saturated heterocycles. The predicted molar refractivity (Wildman–Crippen MR) is 103 cm³/mol. The van der Waals surface area contributed by atoms with Crippen molar-refractivity contribution in [2.24, 2.45) is 0 Å². The highest BCUT2D eigenvalue weighted by Crippen LogP contribution is 2.31. The third-order valence-corrected chi connectivity index (χ3v) is 4.71. The molecule has 5 nitrogen and oxygen atoms in total. The van der Waals surface area contributed by atoms with Gasteiger partial charge in [-0.25, -0.2) is 4.39 Å². The van der Waals surface area contributed by atoms with Gasteiger partial charge < -0.3 is 10.2 Å². The number of amides is 2. The van der Waals surface area contributed by atoms with E-state index in [0.717, 1.165) is 22.4 Å². The van der Waals surface area contributed by atoms with Gasteiger partial charge in [-0.05, 0) is 59.2 Å². The Labute approximate surface area is 161 Å². The highest BCUT2D eigenvalue weighted by molar-refractivity contribution is 6.03.